The Balaban J connectivity index is 1.89. The first-order valence-electron chi connectivity index (χ1n) is 6.32. The Hall–Kier alpha value is -1.41. The lowest BCUT2D eigenvalue weighted by molar-refractivity contribution is -0.120. The summed E-state index contributed by atoms with van der Waals surface area (Å²) in [5.41, 5.74) is 0. The first-order valence-corrected chi connectivity index (χ1v) is 8.08. The number of hydrogen-bond donors (Lipinski definition) is 1. The molecule has 1 N–H and O–H groups in total. The number of carbonyl (C=O) groups is 1. The van der Waals surface area contributed by atoms with Crippen LogP contribution in [0.2, 0.25) is 0 Å². The topological polar surface area (TPSA) is 72.7 Å². The molecule has 8 heteroatoms. The van der Waals surface area contributed by atoms with Crippen LogP contribution in [0.3, 0.4) is 0 Å². The highest BCUT2D eigenvalue weighted by molar-refractivity contribution is 8.00. The highest BCUT2D eigenvalue weighted by atomic mass is 32.2. The minimum atomic E-state index is -0.238. The lowest BCUT2D eigenvalue weighted by atomic mass is 10.4. The number of rotatable bonds is 6. The number of thiophene rings is 1. The number of nitrogens with one attached hydrogen (secondary N) is 1. The number of tetrazole rings is 1. The van der Waals surface area contributed by atoms with Gasteiger partial charge in [-0.3, -0.25) is 4.79 Å². The van der Waals surface area contributed by atoms with Crippen LogP contribution < -0.4 is 5.32 Å². The number of amides is 1. The van der Waals surface area contributed by atoms with E-state index in [1.807, 2.05) is 38.3 Å². The molecule has 20 heavy (non-hydrogen) atoms. The van der Waals surface area contributed by atoms with Crippen LogP contribution in [-0.2, 0) is 11.3 Å². The maximum absolute atomic E-state index is 12.0. The quantitative estimate of drug-likeness (QED) is 0.827. The molecule has 6 nitrogen and oxygen atoms in total. The zero-order valence-electron chi connectivity index (χ0n) is 11.6. The Morgan fingerprint density at radius 2 is 2.30 bits per heavy atom. The lowest BCUT2D eigenvalue weighted by Crippen LogP contribution is -2.30. The molecule has 108 valence electrons. The zero-order chi connectivity index (χ0) is 14.5. The molecule has 0 spiro atoms. The Morgan fingerprint density at radius 3 is 2.95 bits per heavy atom. The second kappa shape index (κ2) is 6.85. The highest BCUT2D eigenvalue weighted by Gasteiger charge is 2.19. The van der Waals surface area contributed by atoms with Gasteiger partial charge in [-0.2, -0.15) is 0 Å². The van der Waals surface area contributed by atoms with Crippen molar-refractivity contribution in [3.63, 3.8) is 0 Å². The number of carbonyl (C=O) groups excluding carboxylic acids is 1. The van der Waals surface area contributed by atoms with Crippen molar-refractivity contribution in [3.05, 3.63) is 22.4 Å². The summed E-state index contributed by atoms with van der Waals surface area (Å²) in [6.45, 7) is 6.42. The summed E-state index contributed by atoms with van der Waals surface area (Å²) in [7, 11) is 0. The molecule has 0 aromatic carbocycles. The molecule has 0 aliphatic carbocycles. The van der Waals surface area contributed by atoms with Crippen LogP contribution in [0.15, 0.2) is 22.7 Å². The summed E-state index contributed by atoms with van der Waals surface area (Å²) in [5.74, 6) is -0.0123. The molecule has 0 aliphatic rings. The second-order valence-corrected chi connectivity index (χ2v) is 6.90. The van der Waals surface area contributed by atoms with Crippen molar-refractivity contribution in [2.45, 2.75) is 43.8 Å². The smallest absolute Gasteiger partial charge is 0.233 e. The largest absolute Gasteiger partial charge is 0.350 e. The van der Waals surface area contributed by atoms with E-state index < -0.39 is 0 Å². The molecular weight excluding hydrogens is 294 g/mol. The summed E-state index contributed by atoms with van der Waals surface area (Å²) in [4.78, 5) is 13.2. The predicted molar refractivity (Wildman–Crippen MR) is 79.7 cm³/mol. The Kier molecular flexibility index (Phi) is 5.13. The molecule has 0 bridgehead atoms. The van der Waals surface area contributed by atoms with Crippen LogP contribution in [0.25, 0.3) is 0 Å². The van der Waals surface area contributed by atoms with Crippen molar-refractivity contribution in [1.29, 1.82) is 0 Å². The van der Waals surface area contributed by atoms with E-state index in [1.165, 1.54) is 11.8 Å². The van der Waals surface area contributed by atoms with Gasteiger partial charge in [-0.1, -0.05) is 17.8 Å². The maximum Gasteiger partial charge on any atom is 0.233 e. The zero-order valence-corrected chi connectivity index (χ0v) is 13.2. The van der Waals surface area contributed by atoms with E-state index in [0.717, 1.165) is 4.88 Å². The van der Waals surface area contributed by atoms with Crippen LogP contribution in [0, 0.1) is 0 Å². The van der Waals surface area contributed by atoms with Crippen molar-refractivity contribution < 1.29 is 4.79 Å². The molecule has 0 aliphatic heterocycles. The molecule has 0 unspecified atom stereocenters. The normalized spacial score (nSPS) is 12.6. The van der Waals surface area contributed by atoms with Crippen LogP contribution >= 0.6 is 23.1 Å². The summed E-state index contributed by atoms with van der Waals surface area (Å²) in [6, 6.07) is 4.15. The second-order valence-electron chi connectivity index (χ2n) is 4.56. The molecule has 2 rings (SSSR count). The van der Waals surface area contributed by atoms with Crippen molar-refractivity contribution in [2.24, 2.45) is 0 Å². The fraction of sp³-hybridized carbons (Fsp3) is 0.500. The summed E-state index contributed by atoms with van der Waals surface area (Å²) < 4.78 is 1.72. The van der Waals surface area contributed by atoms with Gasteiger partial charge in [0.25, 0.3) is 0 Å². The van der Waals surface area contributed by atoms with Crippen molar-refractivity contribution in [1.82, 2.24) is 25.5 Å². The van der Waals surface area contributed by atoms with Gasteiger partial charge in [0.2, 0.25) is 11.1 Å². The predicted octanol–water partition coefficient (Wildman–Crippen LogP) is 2.11. The summed E-state index contributed by atoms with van der Waals surface area (Å²) in [6.07, 6.45) is 0. The van der Waals surface area contributed by atoms with Crippen LogP contribution in [-0.4, -0.2) is 31.4 Å². The van der Waals surface area contributed by atoms with E-state index in [2.05, 4.69) is 20.8 Å². The standard InChI is InChI=1S/C12H17N5OS2/c1-8(2)17-12(14-15-16-17)20-9(3)11(18)13-7-10-5-4-6-19-10/h4-6,8-9H,7H2,1-3H3,(H,13,18)/t9-/m0/s1. The SMILES string of the molecule is CC(C)n1nnnc1S[C@@H](C)C(=O)NCc1cccs1. The van der Waals surface area contributed by atoms with Crippen molar-refractivity contribution >= 4 is 29.0 Å². The number of aromatic nitrogens is 4. The van der Waals surface area contributed by atoms with E-state index in [9.17, 15) is 4.79 Å². The monoisotopic (exact) mass is 311 g/mol. The lowest BCUT2D eigenvalue weighted by Gasteiger charge is -2.12. The minimum absolute atomic E-state index is 0.0123. The van der Waals surface area contributed by atoms with Gasteiger partial charge in [-0.25, -0.2) is 4.68 Å². The molecular formula is C12H17N5OS2. The fourth-order valence-corrected chi connectivity index (χ4v) is 3.12. The maximum atomic E-state index is 12.0. The van der Waals surface area contributed by atoms with Gasteiger partial charge < -0.3 is 5.32 Å². The van der Waals surface area contributed by atoms with E-state index >= 15 is 0 Å². The van der Waals surface area contributed by atoms with Gasteiger partial charge >= 0.3 is 0 Å². The van der Waals surface area contributed by atoms with Crippen LogP contribution in [0.1, 0.15) is 31.7 Å². The fourth-order valence-electron chi connectivity index (χ4n) is 1.53. The Labute approximate surface area is 126 Å². The van der Waals surface area contributed by atoms with E-state index in [1.54, 1.807) is 16.0 Å². The van der Waals surface area contributed by atoms with Gasteiger partial charge in [0.1, 0.15) is 0 Å². The van der Waals surface area contributed by atoms with Gasteiger partial charge in [0.05, 0.1) is 17.8 Å². The Morgan fingerprint density at radius 1 is 1.50 bits per heavy atom. The number of thioether (sulfide) groups is 1. The number of hydrogen-bond acceptors (Lipinski definition) is 6. The van der Waals surface area contributed by atoms with Gasteiger partial charge in [0.15, 0.2) is 0 Å². The number of nitrogens with zero attached hydrogens (tertiary/aromatic N) is 4. The Bertz CT molecular complexity index is 552. The van der Waals surface area contributed by atoms with Crippen molar-refractivity contribution in [3.8, 4) is 0 Å². The highest BCUT2D eigenvalue weighted by Crippen LogP contribution is 2.22. The first kappa shape index (κ1) is 15.0. The first-order chi connectivity index (χ1) is 9.58. The van der Waals surface area contributed by atoms with E-state index in [-0.39, 0.29) is 17.2 Å². The molecule has 0 fully saturated rings. The van der Waals surface area contributed by atoms with Gasteiger partial charge in [-0.05, 0) is 42.6 Å². The van der Waals surface area contributed by atoms with E-state index in [0.29, 0.717) is 11.7 Å². The molecule has 2 aromatic heterocycles. The van der Waals surface area contributed by atoms with E-state index in [4.69, 9.17) is 0 Å². The average molecular weight is 311 g/mol. The molecule has 2 aromatic rings. The van der Waals surface area contributed by atoms with Crippen LogP contribution in [0.4, 0.5) is 0 Å². The molecule has 0 saturated heterocycles. The molecule has 1 atom stereocenters. The van der Waals surface area contributed by atoms with Gasteiger partial charge in [0, 0.05) is 4.88 Å². The molecule has 0 saturated carbocycles. The molecule has 1 amide bonds. The molecule has 2 heterocycles. The minimum Gasteiger partial charge on any atom is -0.350 e. The third-order valence-electron chi connectivity index (χ3n) is 2.62. The van der Waals surface area contributed by atoms with Crippen molar-refractivity contribution in [2.75, 3.05) is 0 Å². The summed E-state index contributed by atoms with van der Waals surface area (Å²) in [5, 5.41) is 16.9. The third-order valence-corrected chi connectivity index (χ3v) is 4.54. The summed E-state index contributed by atoms with van der Waals surface area (Å²) >= 11 is 3.00. The van der Waals surface area contributed by atoms with Crippen LogP contribution in [0.5, 0.6) is 0 Å². The molecule has 0 radical (unpaired) electrons. The van der Waals surface area contributed by atoms with Gasteiger partial charge in [-0.15, -0.1) is 16.4 Å². The average Bonchev–Trinajstić information content (AvgIpc) is 3.06. The third kappa shape index (κ3) is 3.80.